The van der Waals surface area contributed by atoms with Gasteiger partial charge in [-0.2, -0.15) is 13.2 Å². The molecule has 0 saturated carbocycles. The number of carbonyl (C=O) groups excluding carboxylic acids is 1. The molecule has 0 unspecified atom stereocenters. The van der Waals surface area contributed by atoms with Crippen molar-refractivity contribution >= 4 is 17.2 Å². The molecular formula is C15H15F3N2O2S. The molecule has 0 aliphatic rings. The van der Waals surface area contributed by atoms with Gasteiger partial charge in [-0.25, -0.2) is 4.98 Å². The minimum atomic E-state index is -4.44. The Morgan fingerprint density at radius 1 is 1.39 bits per heavy atom. The molecule has 0 saturated heterocycles. The SMILES string of the molecule is CCN(C)C(=O)c1cccc(OCc2cnc(C(F)(F)F)s2)c1. The highest BCUT2D eigenvalue weighted by Crippen LogP contribution is 2.32. The van der Waals surface area contributed by atoms with Crippen LogP contribution in [0.1, 0.15) is 27.2 Å². The molecular weight excluding hydrogens is 329 g/mol. The minimum absolute atomic E-state index is 0.0327. The van der Waals surface area contributed by atoms with Crippen LogP contribution in [0.4, 0.5) is 13.2 Å². The van der Waals surface area contributed by atoms with Gasteiger partial charge in [0.05, 0.1) is 4.88 Å². The monoisotopic (exact) mass is 344 g/mol. The van der Waals surface area contributed by atoms with E-state index in [1.807, 2.05) is 6.92 Å². The highest BCUT2D eigenvalue weighted by molar-refractivity contribution is 7.11. The normalized spacial score (nSPS) is 11.3. The van der Waals surface area contributed by atoms with Crippen molar-refractivity contribution in [3.63, 3.8) is 0 Å². The van der Waals surface area contributed by atoms with Crippen LogP contribution in [-0.4, -0.2) is 29.4 Å². The Hall–Kier alpha value is -2.09. The molecule has 1 amide bonds. The first kappa shape index (κ1) is 17.3. The summed E-state index contributed by atoms with van der Waals surface area (Å²) >= 11 is 0.542. The maximum Gasteiger partial charge on any atom is 0.443 e. The summed E-state index contributed by atoms with van der Waals surface area (Å²) in [5.41, 5.74) is 0.465. The first-order valence-electron chi connectivity index (χ1n) is 6.81. The van der Waals surface area contributed by atoms with Crippen LogP contribution in [0.5, 0.6) is 5.75 Å². The molecule has 2 rings (SSSR count). The molecule has 1 heterocycles. The molecule has 0 aliphatic heterocycles. The quantitative estimate of drug-likeness (QED) is 0.828. The molecule has 124 valence electrons. The molecule has 8 heteroatoms. The molecule has 1 aromatic heterocycles. The lowest BCUT2D eigenvalue weighted by Gasteiger charge is -2.15. The van der Waals surface area contributed by atoms with Crippen molar-refractivity contribution in [3.8, 4) is 5.75 Å². The first-order valence-corrected chi connectivity index (χ1v) is 7.63. The number of alkyl halides is 3. The van der Waals surface area contributed by atoms with E-state index in [1.165, 1.54) is 0 Å². The van der Waals surface area contributed by atoms with E-state index in [-0.39, 0.29) is 12.5 Å². The number of carbonyl (C=O) groups is 1. The number of hydrogen-bond donors (Lipinski definition) is 0. The Balaban J connectivity index is 2.04. The third-order valence-corrected chi connectivity index (χ3v) is 4.09. The van der Waals surface area contributed by atoms with E-state index in [9.17, 15) is 18.0 Å². The van der Waals surface area contributed by atoms with E-state index < -0.39 is 11.2 Å². The van der Waals surface area contributed by atoms with Crippen molar-refractivity contribution in [1.29, 1.82) is 0 Å². The summed E-state index contributed by atoms with van der Waals surface area (Å²) in [5, 5.41) is -0.899. The van der Waals surface area contributed by atoms with Crippen LogP contribution in [0, 0.1) is 0 Å². The van der Waals surface area contributed by atoms with Gasteiger partial charge in [0.1, 0.15) is 12.4 Å². The number of thiazole rings is 1. The standard InChI is InChI=1S/C15H15F3N2O2S/c1-3-20(2)13(21)10-5-4-6-11(7-10)22-9-12-8-19-14(23-12)15(16,17)18/h4-8H,3,9H2,1-2H3. The van der Waals surface area contributed by atoms with Crippen molar-refractivity contribution in [2.24, 2.45) is 0 Å². The fourth-order valence-corrected chi connectivity index (χ4v) is 2.44. The highest BCUT2D eigenvalue weighted by Gasteiger charge is 2.34. The summed E-state index contributed by atoms with van der Waals surface area (Å²) in [4.78, 5) is 17.3. The maximum atomic E-state index is 12.5. The minimum Gasteiger partial charge on any atom is -0.488 e. The van der Waals surface area contributed by atoms with Crippen molar-refractivity contribution in [3.05, 3.63) is 45.9 Å². The molecule has 2 aromatic rings. The van der Waals surface area contributed by atoms with Crippen molar-refractivity contribution in [1.82, 2.24) is 9.88 Å². The fraction of sp³-hybridized carbons (Fsp3) is 0.333. The molecule has 0 fully saturated rings. The molecule has 0 N–H and O–H groups in total. The van der Waals surface area contributed by atoms with Gasteiger partial charge in [0, 0.05) is 25.4 Å². The Morgan fingerprint density at radius 3 is 2.74 bits per heavy atom. The van der Waals surface area contributed by atoms with E-state index in [2.05, 4.69) is 4.98 Å². The van der Waals surface area contributed by atoms with Crippen molar-refractivity contribution in [2.75, 3.05) is 13.6 Å². The van der Waals surface area contributed by atoms with E-state index in [0.717, 1.165) is 6.20 Å². The van der Waals surface area contributed by atoms with Gasteiger partial charge < -0.3 is 9.64 Å². The third-order valence-electron chi connectivity index (χ3n) is 3.08. The number of amides is 1. The van der Waals surface area contributed by atoms with E-state index in [1.54, 1.807) is 36.2 Å². The number of aromatic nitrogens is 1. The van der Waals surface area contributed by atoms with Gasteiger partial charge in [0.15, 0.2) is 5.01 Å². The smallest absolute Gasteiger partial charge is 0.443 e. The average molecular weight is 344 g/mol. The van der Waals surface area contributed by atoms with Crippen LogP contribution >= 0.6 is 11.3 Å². The summed E-state index contributed by atoms with van der Waals surface area (Å²) in [6, 6.07) is 6.55. The summed E-state index contributed by atoms with van der Waals surface area (Å²) in [6.45, 7) is 2.40. The van der Waals surface area contributed by atoms with E-state index in [0.29, 0.717) is 34.1 Å². The number of nitrogens with zero attached hydrogens (tertiary/aromatic N) is 2. The molecule has 0 aliphatic carbocycles. The highest BCUT2D eigenvalue weighted by atomic mass is 32.1. The number of halogens is 3. The number of hydrogen-bond acceptors (Lipinski definition) is 4. The molecule has 4 nitrogen and oxygen atoms in total. The average Bonchev–Trinajstić information content (AvgIpc) is 3.01. The Kier molecular flexibility index (Phi) is 5.25. The van der Waals surface area contributed by atoms with E-state index >= 15 is 0 Å². The van der Waals surface area contributed by atoms with Gasteiger partial charge in [-0.05, 0) is 25.1 Å². The lowest BCUT2D eigenvalue weighted by molar-refractivity contribution is -0.137. The predicted octanol–water partition coefficient (Wildman–Crippen LogP) is 3.83. The van der Waals surface area contributed by atoms with Crippen LogP contribution in [0.3, 0.4) is 0 Å². The van der Waals surface area contributed by atoms with E-state index in [4.69, 9.17) is 4.74 Å². The Morgan fingerprint density at radius 2 is 2.13 bits per heavy atom. The Bertz CT molecular complexity index is 685. The van der Waals surface area contributed by atoms with Crippen LogP contribution in [-0.2, 0) is 12.8 Å². The number of rotatable bonds is 5. The zero-order valence-electron chi connectivity index (χ0n) is 12.6. The van der Waals surface area contributed by atoms with Gasteiger partial charge in [-0.1, -0.05) is 6.07 Å². The van der Waals surface area contributed by atoms with Crippen molar-refractivity contribution in [2.45, 2.75) is 19.7 Å². The maximum absolute atomic E-state index is 12.5. The molecule has 1 aromatic carbocycles. The summed E-state index contributed by atoms with van der Waals surface area (Å²) in [6.07, 6.45) is -3.30. The first-order chi connectivity index (χ1) is 10.8. The number of benzene rings is 1. The second kappa shape index (κ2) is 6.99. The topological polar surface area (TPSA) is 42.4 Å². The summed E-state index contributed by atoms with van der Waals surface area (Å²) in [5.74, 6) is 0.275. The zero-order chi connectivity index (χ0) is 17.0. The zero-order valence-corrected chi connectivity index (χ0v) is 13.4. The molecule has 0 atom stereocenters. The molecule has 0 bridgehead atoms. The fourth-order valence-electron chi connectivity index (χ4n) is 1.74. The summed E-state index contributed by atoms with van der Waals surface area (Å²) in [7, 11) is 1.69. The third kappa shape index (κ3) is 4.44. The second-order valence-corrected chi connectivity index (χ2v) is 5.88. The van der Waals surface area contributed by atoms with Gasteiger partial charge in [0.25, 0.3) is 5.91 Å². The van der Waals surface area contributed by atoms with Crippen molar-refractivity contribution < 1.29 is 22.7 Å². The van der Waals surface area contributed by atoms with Gasteiger partial charge in [0.2, 0.25) is 0 Å². The number of ether oxygens (including phenoxy) is 1. The molecule has 23 heavy (non-hydrogen) atoms. The lowest BCUT2D eigenvalue weighted by atomic mass is 10.2. The van der Waals surface area contributed by atoms with Gasteiger partial charge >= 0.3 is 6.18 Å². The van der Waals surface area contributed by atoms with Gasteiger partial charge in [-0.15, -0.1) is 11.3 Å². The largest absolute Gasteiger partial charge is 0.488 e. The van der Waals surface area contributed by atoms with Crippen LogP contribution in [0.25, 0.3) is 0 Å². The molecule has 0 spiro atoms. The van der Waals surface area contributed by atoms with Crippen LogP contribution in [0.15, 0.2) is 30.5 Å². The predicted molar refractivity (Wildman–Crippen MR) is 80.5 cm³/mol. The van der Waals surface area contributed by atoms with Crippen LogP contribution < -0.4 is 4.74 Å². The molecule has 0 radical (unpaired) electrons. The lowest BCUT2D eigenvalue weighted by Crippen LogP contribution is -2.26. The Labute approximate surface area is 135 Å². The van der Waals surface area contributed by atoms with Gasteiger partial charge in [-0.3, -0.25) is 4.79 Å². The summed E-state index contributed by atoms with van der Waals surface area (Å²) < 4.78 is 42.9. The second-order valence-electron chi connectivity index (χ2n) is 4.77. The van der Waals surface area contributed by atoms with Crippen LogP contribution in [0.2, 0.25) is 0 Å².